The van der Waals surface area contributed by atoms with Gasteiger partial charge in [-0.15, -0.1) is 0 Å². The smallest absolute Gasteiger partial charge is 0.270 e. The largest absolute Gasteiger partial charge is 0.497 e. The van der Waals surface area contributed by atoms with E-state index < -0.39 is 0 Å². The summed E-state index contributed by atoms with van der Waals surface area (Å²) >= 11 is 0. The Morgan fingerprint density at radius 1 is 1.15 bits per heavy atom. The third kappa shape index (κ3) is 5.34. The van der Waals surface area contributed by atoms with Crippen LogP contribution in [0.4, 0.5) is 11.6 Å². The van der Waals surface area contributed by atoms with Crippen molar-refractivity contribution < 1.29 is 14.3 Å². The van der Waals surface area contributed by atoms with Crippen molar-refractivity contribution in [2.24, 2.45) is 5.92 Å². The number of aromatic nitrogens is 2. The molecule has 140 valence electrons. The number of hydrogen-bond acceptors (Lipinski definition) is 6. The zero-order valence-electron chi connectivity index (χ0n) is 15.9. The van der Waals surface area contributed by atoms with Crippen molar-refractivity contribution in [1.82, 2.24) is 15.3 Å². The van der Waals surface area contributed by atoms with Crippen molar-refractivity contribution in [3.63, 3.8) is 0 Å². The summed E-state index contributed by atoms with van der Waals surface area (Å²) in [5, 5.41) is 5.99. The minimum Gasteiger partial charge on any atom is -0.497 e. The first-order chi connectivity index (χ1) is 12.4. The summed E-state index contributed by atoms with van der Waals surface area (Å²) in [6, 6.07) is 7.04. The van der Waals surface area contributed by atoms with Crippen LogP contribution in [0, 0.1) is 12.8 Å². The van der Waals surface area contributed by atoms with Gasteiger partial charge < -0.3 is 20.1 Å². The van der Waals surface area contributed by atoms with E-state index in [4.69, 9.17) is 9.47 Å². The predicted octanol–water partition coefficient (Wildman–Crippen LogP) is 3.32. The van der Waals surface area contributed by atoms with Crippen LogP contribution < -0.4 is 20.1 Å². The van der Waals surface area contributed by atoms with Gasteiger partial charge in [0.2, 0.25) is 5.95 Å². The molecule has 0 saturated carbocycles. The van der Waals surface area contributed by atoms with Crippen LogP contribution in [0.15, 0.2) is 24.3 Å². The SMILES string of the molecule is COc1ccc(OC)c(Nc2nc(C)cc(C(=O)NCCC(C)C)n2)c1. The fraction of sp³-hybridized carbons (Fsp3) is 0.421. The lowest BCUT2D eigenvalue weighted by atomic mass is 10.1. The third-order valence-corrected chi connectivity index (χ3v) is 3.75. The maximum atomic E-state index is 12.3. The first-order valence-electron chi connectivity index (χ1n) is 8.56. The standard InChI is InChI=1S/C19H26N4O3/c1-12(2)8-9-20-18(24)16-10-13(3)21-19(23-16)22-15-11-14(25-4)6-7-17(15)26-5/h6-7,10-12H,8-9H2,1-5H3,(H,20,24)(H,21,22,23). The molecule has 0 spiro atoms. The Bertz CT molecular complexity index is 762. The summed E-state index contributed by atoms with van der Waals surface area (Å²) < 4.78 is 10.6. The second kappa shape index (κ2) is 9.03. The van der Waals surface area contributed by atoms with Gasteiger partial charge >= 0.3 is 0 Å². The molecule has 0 bridgehead atoms. The van der Waals surface area contributed by atoms with Gasteiger partial charge in [0.15, 0.2) is 0 Å². The highest BCUT2D eigenvalue weighted by Crippen LogP contribution is 2.30. The molecular weight excluding hydrogens is 332 g/mol. The Morgan fingerprint density at radius 2 is 1.92 bits per heavy atom. The summed E-state index contributed by atoms with van der Waals surface area (Å²) in [7, 11) is 3.17. The Balaban J connectivity index is 2.20. The molecule has 0 aliphatic carbocycles. The number of carbonyl (C=O) groups excluding carboxylic acids is 1. The Labute approximate surface area is 154 Å². The van der Waals surface area contributed by atoms with Crippen molar-refractivity contribution in [3.05, 3.63) is 35.7 Å². The molecule has 1 amide bonds. The van der Waals surface area contributed by atoms with Gasteiger partial charge in [0, 0.05) is 18.3 Å². The van der Waals surface area contributed by atoms with Gasteiger partial charge in [-0.05, 0) is 37.5 Å². The zero-order chi connectivity index (χ0) is 19.1. The highest BCUT2D eigenvalue weighted by Gasteiger charge is 2.12. The van der Waals surface area contributed by atoms with Crippen LogP contribution in [0.2, 0.25) is 0 Å². The van der Waals surface area contributed by atoms with Gasteiger partial charge in [-0.1, -0.05) is 13.8 Å². The molecule has 0 saturated heterocycles. The lowest BCUT2D eigenvalue weighted by molar-refractivity contribution is 0.0947. The molecule has 0 radical (unpaired) electrons. The predicted molar refractivity (Wildman–Crippen MR) is 101 cm³/mol. The molecule has 26 heavy (non-hydrogen) atoms. The zero-order valence-corrected chi connectivity index (χ0v) is 15.9. The number of nitrogens with zero attached hydrogens (tertiary/aromatic N) is 2. The summed E-state index contributed by atoms with van der Waals surface area (Å²) in [4.78, 5) is 21.0. The second-order valence-electron chi connectivity index (χ2n) is 6.35. The van der Waals surface area contributed by atoms with Gasteiger partial charge in [-0.25, -0.2) is 9.97 Å². The first-order valence-corrected chi connectivity index (χ1v) is 8.56. The number of methoxy groups -OCH3 is 2. The maximum absolute atomic E-state index is 12.3. The topological polar surface area (TPSA) is 85.4 Å². The Kier molecular flexibility index (Phi) is 6.77. The van der Waals surface area contributed by atoms with Crippen molar-refractivity contribution in [2.75, 3.05) is 26.1 Å². The van der Waals surface area contributed by atoms with E-state index in [1.54, 1.807) is 38.5 Å². The number of hydrogen-bond donors (Lipinski definition) is 2. The Morgan fingerprint density at radius 3 is 2.58 bits per heavy atom. The minimum atomic E-state index is -0.211. The Hall–Kier alpha value is -2.83. The van der Waals surface area contributed by atoms with E-state index in [1.807, 2.05) is 6.92 Å². The maximum Gasteiger partial charge on any atom is 0.270 e. The summed E-state index contributed by atoms with van der Waals surface area (Å²) in [5.74, 6) is 1.94. The summed E-state index contributed by atoms with van der Waals surface area (Å²) in [6.07, 6.45) is 0.919. The molecule has 2 aromatic rings. The number of nitrogens with one attached hydrogen (secondary N) is 2. The van der Waals surface area contributed by atoms with Crippen LogP contribution in [-0.4, -0.2) is 36.6 Å². The minimum absolute atomic E-state index is 0.211. The number of rotatable bonds is 8. The third-order valence-electron chi connectivity index (χ3n) is 3.75. The number of amides is 1. The van der Waals surface area contributed by atoms with E-state index >= 15 is 0 Å². The van der Waals surface area contributed by atoms with Crippen LogP contribution in [0.3, 0.4) is 0 Å². The molecule has 0 unspecified atom stereocenters. The van der Waals surface area contributed by atoms with Gasteiger partial charge in [0.05, 0.1) is 19.9 Å². The molecule has 1 heterocycles. The monoisotopic (exact) mass is 358 g/mol. The van der Waals surface area contributed by atoms with Crippen LogP contribution in [0.5, 0.6) is 11.5 Å². The van der Waals surface area contributed by atoms with Crippen molar-refractivity contribution in [1.29, 1.82) is 0 Å². The van der Waals surface area contributed by atoms with E-state index in [2.05, 4.69) is 34.4 Å². The first kappa shape index (κ1) is 19.5. The van der Waals surface area contributed by atoms with Crippen molar-refractivity contribution in [3.8, 4) is 11.5 Å². The molecule has 1 aromatic carbocycles. The number of benzene rings is 1. The average Bonchev–Trinajstić information content (AvgIpc) is 2.60. The molecule has 0 fully saturated rings. The second-order valence-corrected chi connectivity index (χ2v) is 6.35. The summed E-state index contributed by atoms with van der Waals surface area (Å²) in [6.45, 7) is 6.67. The van der Waals surface area contributed by atoms with Gasteiger partial charge in [0.1, 0.15) is 17.2 Å². The molecular formula is C19H26N4O3. The highest BCUT2D eigenvalue weighted by molar-refractivity contribution is 5.92. The number of carbonyl (C=O) groups is 1. The van der Waals surface area contributed by atoms with E-state index in [1.165, 1.54) is 0 Å². The van der Waals surface area contributed by atoms with E-state index in [-0.39, 0.29) is 5.91 Å². The molecule has 1 aromatic heterocycles. The van der Waals surface area contributed by atoms with Crippen molar-refractivity contribution in [2.45, 2.75) is 27.2 Å². The lowest BCUT2D eigenvalue weighted by Crippen LogP contribution is -2.26. The molecule has 7 heteroatoms. The molecule has 0 atom stereocenters. The highest BCUT2D eigenvalue weighted by atomic mass is 16.5. The molecule has 2 rings (SSSR count). The number of anilines is 2. The normalized spacial score (nSPS) is 10.5. The number of aryl methyl sites for hydroxylation is 1. The van der Waals surface area contributed by atoms with Gasteiger partial charge in [-0.2, -0.15) is 0 Å². The van der Waals surface area contributed by atoms with Crippen LogP contribution in [-0.2, 0) is 0 Å². The summed E-state index contributed by atoms with van der Waals surface area (Å²) in [5.41, 5.74) is 1.67. The lowest BCUT2D eigenvalue weighted by Gasteiger charge is -2.13. The van der Waals surface area contributed by atoms with Gasteiger partial charge in [0.25, 0.3) is 5.91 Å². The fourth-order valence-electron chi connectivity index (χ4n) is 2.34. The van der Waals surface area contributed by atoms with Crippen LogP contribution >= 0.6 is 0 Å². The quantitative estimate of drug-likeness (QED) is 0.753. The number of ether oxygens (including phenoxy) is 2. The molecule has 0 aliphatic rings. The van der Waals surface area contributed by atoms with Gasteiger partial charge in [-0.3, -0.25) is 4.79 Å². The van der Waals surface area contributed by atoms with Crippen molar-refractivity contribution >= 4 is 17.5 Å². The van der Waals surface area contributed by atoms with Crippen LogP contribution in [0.1, 0.15) is 36.5 Å². The molecule has 7 nitrogen and oxygen atoms in total. The average molecular weight is 358 g/mol. The van der Waals surface area contributed by atoms with E-state index in [9.17, 15) is 4.79 Å². The van der Waals surface area contributed by atoms with E-state index in [0.717, 1.165) is 6.42 Å². The molecule has 2 N–H and O–H groups in total. The van der Waals surface area contributed by atoms with E-state index in [0.29, 0.717) is 47.0 Å². The fourth-order valence-corrected chi connectivity index (χ4v) is 2.34. The molecule has 0 aliphatic heterocycles. The van der Waals surface area contributed by atoms with Crippen LogP contribution in [0.25, 0.3) is 0 Å².